The van der Waals surface area contributed by atoms with Gasteiger partial charge < -0.3 is 14.8 Å². The number of hydrogen-bond acceptors (Lipinski definition) is 7. The number of ether oxygens (including phenoxy) is 2. The van der Waals surface area contributed by atoms with Gasteiger partial charge in [-0.25, -0.2) is 18.2 Å². The maximum absolute atomic E-state index is 12.7. The number of nitrogens with one attached hydrogen (secondary N) is 1. The smallest absolute Gasteiger partial charge is 0.491 e. The van der Waals surface area contributed by atoms with Crippen molar-refractivity contribution in [2.45, 2.75) is 23.9 Å². The molecule has 1 N–H and O–H groups in total. The van der Waals surface area contributed by atoms with E-state index in [1.54, 1.807) is 0 Å². The zero-order valence-corrected chi connectivity index (χ0v) is 17.4. The van der Waals surface area contributed by atoms with Gasteiger partial charge in [-0.3, -0.25) is 0 Å². The molecule has 0 amide bonds. The van der Waals surface area contributed by atoms with Crippen LogP contribution in [-0.4, -0.2) is 51.5 Å². The molecule has 1 fully saturated rings. The summed E-state index contributed by atoms with van der Waals surface area (Å²) < 4.78 is 71.7. The molecule has 1 saturated heterocycles. The molecule has 168 valence electrons. The molecule has 0 spiro atoms. The number of benzene rings is 1. The number of rotatable bonds is 6. The lowest BCUT2D eigenvalue weighted by atomic mass is 9.99. The van der Waals surface area contributed by atoms with Crippen molar-refractivity contribution >= 4 is 15.8 Å². The van der Waals surface area contributed by atoms with Gasteiger partial charge in [0.2, 0.25) is 0 Å². The van der Waals surface area contributed by atoms with Crippen LogP contribution in [0.4, 0.5) is 13.2 Å². The predicted molar refractivity (Wildman–Crippen MR) is 106 cm³/mol. The second-order valence-corrected chi connectivity index (χ2v) is 9.22. The highest BCUT2D eigenvalue weighted by molar-refractivity contribution is 7.90. The van der Waals surface area contributed by atoms with E-state index in [0.29, 0.717) is 12.5 Å². The Bertz CT molecular complexity index is 1030. The second kappa shape index (κ2) is 9.23. The average molecular weight is 458 g/mol. The number of alkyl halides is 3. The first-order valence-electron chi connectivity index (χ1n) is 9.47. The minimum Gasteiger partial charge on any atom is -0.492 e. The van der Waals surface area contributed by atoms with Crippen molar-refractivity contribution in [3.63, 3.8) is 0 Å². The van der Waals surface area contributed by atoms with Crippen LogP contribution in [0.25, 0.3) is 11.3 Å². The SMILES string of the molecule is CS(=O)(=O)c1ccc(-c2ncc(OCC3CCNCC3)cc2OC(=O)C(F)(F)F)cc1. The minimum atomic E-state index is -5.19. The highest BCUT2D eigenvalue weighted by Gasteiger charge is 2.42. The van der Waals surface area contributed by atoms with Crippen LogP contribution in [0.15, 0.2) is 41.4 Å². The molecular weight excluding hydrogens is 437 g/mol. The molecule has 1 aromatic carbocycles. The Hall–Kier alpha value is -2.66. The highest BCUT2D eigenvalue weighted by Crippen LogP contribution is 2.33. The molecule has 0 radical (unpaired) electrons. The summed E-state index contributed by atoms with van der Waals surface area (Å²) in [7, 11) is -3.45. The summed E-state index contributed by atoms with van der Waals surface area (Å²) in [6.45, 7) is 2.09. The Morgan fingerprint density at radius 3 is 2.42 bits per heavy atom. The van der Waals surface area contributed by atoms with Gasteiger partial charge in [-0.2, -0.15) is 13.2 Å². The number of esters is 1. The normalized spacial score (nSPS) is 15.5. The predicted octanol–water partition coefficient (Wildman–Crippen LogP) is 3.00. The van der Waals surface area contributed by atoms with Crippen LogP contribution in [0, 0.1) is 5.92 Å². The van der Waals surface area contributed by atoms with Crippen LogP contribution in [0.3, 0.4) is 0 Å². The van der Waals surface area contributed by atoms with Crippen molar-refractivity contribution in [2.24, 2.45) is 5.92 Å². The average Bonchev–Trinajstić information content (AvgIpc) is 2.72. The van der Waals surface area contributed by atoms with Gasteiger partial charge in [-0.1, -0.05) is 12.1 Å². The molecule has 0 unspecified atom stereocenters. The summed E-state index contributed by atoms with van der Waals surface area (Å²) >= 11 is 0. The maximum atomic E-state index is 12.7. The molecule has 1 aliphatic heterocycles. The van der Waals surface area contributed by atoms with E-state index in [1.165, 1.54) is 36.5 Å². The first-order chi connectivity index (χ1) is 14.5. The van der Waals surface area contributed by atoms with Gasteiger partial charge in [-0.15, -0.1) is 0 Å². The quantitative estimate of drug-likeness (QED) is 0.665. The highest BCUT2D eigenvalue weighted by atomic mass is 32.2. The first kappa shape index (κ1) is 23.0. The Morgan fingerprint density at radius 2 is 1.84 bits per heavy atom. The van der Waals surface area contributed by atoms with Crippen molar-refractivity contribution in [2.75, 3.05) is 26.0 Å². The number of halogens is 3. The van der Waals surface area contributed by atoms with Crippen LogP contribution in [0.2, 0.25) is 0 Å². The van der Waals surface area contributed by atoms with E-state index < -0.39 is 27.7 Å². The number of hydrogen-bond donors (Lipinski definition) is 1. The molecule has 0 saturated carbocycles. The summed E-state index contributed by atoms with van der Waals surface area (Å²) in [5, 5.41) is 3.23. The largest absolute Gasteiger partial charge is 0.492 e. The van der Waals surface area contributed by atoms with Gasteiger partial charge in [0, 0.05) is 17.9 Å². The van der Waals surface area contributed by atoms with E-state index in [2.05, 4.69) is 15.0 Å². The van der Waals surface area contributed by atoms with Gasteiger partial charge in [0.25, 0.3) is 0 Å². The third-order valence-electron chi connectivity index (χ3n) is 4.76. The van der Waals surface area contributed by atoms with Gasteiger partial charge in [0.05, 0.1) is 17.7 Å². The van der Waals surface area contributed by atoms with E-state index in [1.807, 2.05) is 0 Å². The number of nitrogens with zero attached hydrogens (tertiary/aromatic N) is 1. The minimum absolute atomic E-state index is 0.0343. The summed E-state index contributed by atoms with van der Waals surface area (Å²) in [6, 6.07) is 6.52. The molecule has 0 atom stereocenters. The Balaban J connectivity index is 1.88. The zero-order valence-electron chi connectivity index (χ0n) is 16.6. The lowest BCUT2D eigenvalue weighted by Gasteiger charge is -2.22. The fourth-order valence-corrected chi connectivity index (χ4v) is 3.71. The van der Waals surface area contributed by atoms with E-state index >= 15 is 0 Å². The summed E-state index contributed by atoms with van der Waals surface area (Å²) in [5.41, 5.74) is 0.231. The summed E-state index contributed by atoms with van der Waals surface area (Å²) in [6.07, 6.45) is -1.01. The van der Waals surface area contributed by atoms with Crippen LogP contribution >= 0.6 is 0 Å². The second-order valence-electron chi connectivity index (χ2n) is 7.21. The van der Waals surface area contributed by atoms with Gasteiger partial charge in [0.1, 0.15) is 11.4 Å². The Kier molecular flexibility index (Phi) is 6.85. The topological polar surface area (TPSA) is 94.6 Å². The lowest BCUT2D eigenvalue weighted by molar-refractivity contribution is -0.189. The van der Waals surface area contributed by atoms with Crippen molar-refractivity contribution in [3.8, 4) is 22.8 Å². The van der Waals surface area contributed by atoms with Crippen LogP contribution in [0.5, 0.6) is 11.5 Å². The van der Waals surface area contributed by atoms with Crippen molar-refractivity contribution in [1.82, 2.24) is 10.3 Å². The molecule has 0 aliphatic carbocycles. The molecule has 1 aliphatic rings. The van der Waals surface area contributed by atoms with E-state index in [9.17, 15) is 26.4 Å². The van der Waals surface area contributed by atoms with Crippen molar-refractivity contribution in [3.05, 3.63) is 36.5 Å². The van der Waals surface area contributed by atoms with Gasteiger partial charge in [-0.05, 0) is 44.0 Å². The molecule has 1 aromatic heterocycles. The molecule has 2 heterocycles. The molecular formula is C20H21F3N2O5S. The van der Waals surface area contributed by atoms with E-state index in [0.717, 1.165) is 32.2 Å². The van der Waals surface area contributed by atoms with Crippen LogP contribution < -0.4 is 14.8 Å². The van der Waals surface area contributed by atoms with Crippen LogP contribution in [-0.2, 0) is 14.6 Å². The summed E-state index contributed by atoms with van der Waals surface area (Å²) in [5.74, 6) is -2.36. The van der Waals surface area contributed by atoms with Crippen molar-refractivity contribution < 1.29 is 35.9 Å². The number of sulfone groups is 1. The molecule has 3 rings (SSSR count). The Labute approximate surface area is 177 Å². The van der Waals surface area contributed by atoms with Crippen molar-refractivity contribution in [1.29, 1.82) is 0 Å². The summed E-state index contributed by atoms with van der Waals surface area (Å²) in [4.78, 5) is 15.6. The molecule has 2 aromatic rings. The monoisotopic (exact) mass is 458 g/mol. The lowest BCUT2D eigenvalue weighted by Crippen LogP contribution is -2.30. The fourth-order valence-electron chi connectivity index (χ4n) is 3.08. The standard InChI is InChI=1S/C20H21F3N2O5S/c1-31(27,28)16-4-2-14(3-5-16)18-17(30-19(26)20(21,22)23)10-15(11-25-18)29-12-13-6-8-24-9-7-13/h2-5,10-11,13,24H,6-9,12H2,1H3. The van der Waals surface area contributed by atoms with Gasteiger partial charge >= 0.3 is 12.1 Å². The molecule has 0 bridgehead atoms. The first-order valence-corrected chi connectivity index (χ1v) is 11.4. The number of pyridine rings is 1. The van der Waals surface area contributed by atoms with E-state index in [4.69, 9.17) is 4.74 Å². The number of piperidine rings is 1. The third kappa shape index (κ3) is 6.17. The van der Waals surface area contributed by atoms with Gasteiger partial charge in [0.15, 0.2) is 15.6 Å². The number of carbonyl (C=O) groups excluding carboxylic acids is 1. The molecule has 31 heavy (non-hydrogen) atoms. The molecule has 7 nitrogen and oxygen atoms in total. The Morgan fingerprint density at radius 1 is 1.19 bits per heavy atom. The maximum Gasteiger partial charge on any atom is 0.491 e. The number of aromatic nitrogens is 1. The third-order valence-corrected chi connectivity index (χ3v) is 5.89. The fraction of sp³-hybridized carbons (Fsp3) is 0.400. The molecule has 11 heteroatoms. The van der Waals surface area contributed by atoms with Crippen LogP contribution in [0.1, 0.15) is 12.8 Å². The van der Waals surface area contributed by atoms with E-state index in [-0.39, 0.29) is 21.9 Å². The zero-order chi connectivity index (χ0) is 22.6. The number of carbonyl (C=O) groups is 1.